The minimum absolute atomic E-state index is 0.190. The summed E-state index contributed by atoms with van der Waals surface area (Å²) in [6, 6.07) is 2.37. The summed E-state index contributed by atoms with van der Waals surface area (Å²) in [6.07, 6.45) is 0. The van der Waals surface area contributed by atoms with Gasteiger partial charge >= 0.3 is 0 Å². The van der Waals surface area contributed by atoms with E-state index < -0.39 is 11.5 Å². The number of aromatic hydroxyl groups is 4. The van der Waals surface area contributed by atoms with Crippen molar-refractivity contribution in [1.82, 2.24) is 0 Å². The molecular formula is C16H15BrO5. The highest BCUT2D eigenvalue weighted by Crippen LogP contribution is 2.40. The number of halogens is 1. The van der Waals surface area contributed by atoms with Crippen molar-refractivity contribution < 1.29 is 25.2 Å². The van der Waals surface area contributed by atoms with E-state index in [4.69, 9.17) is 0 Å². The van der Waals surface area contributed by atoms with Gasteiger partial charge in [0.2, 0.25) is 0 Å². The largest absolute Gasteiger partial charge is 0.504 e. The second-order valence-electron chi connectivity index (χ2n) is 5.10. The van der Waals surface area contributed by atoms with Gasteiger partial charge in [0.1, 0.15) is 0 Å². The van der Waals surface area contributed by atoms with Crippen molar-refractivity contribution >= 4 is 21.7 Å². The fourth-order valence-electron chi connectivity index (χ4n) is 2.22. The molecule has 0 saturated heterocycles. The van der Waals surface area contributed by atoms with Crippen molar-refractivity contribution in [3.63, 3.8) is 0 Å². The number of carbonyl (C=O) groups is 1. The summed E-state index contributed by atoms with van der Waals surface area (Å²) < 4.78 is 0.230. The molecule has 0 atom stereocenters. The lowest BCUT2D eigenvalue weighted by atomic mass is 9.92. The standard InChI is InChI=1S/C16H15BrO5/c1-6-7(2)14(20)11(18)4-9(6)15(21)10-5-12(19)16(22)13(17)8(10)3/h4-5,18-20,22H,1-3H3. The van der Waals surface area contributed by atoms with Gasteiger partial charge in [-0.15, -0.1) is 0 Å². The third-order valence-corrected chi connectivity index (χ3v) is 4.77. The number of phenols is 4. The van der Waals surface area contributed by atoms with Crippen LogP contribution in [0, 0.1) is 20.8 Å². The second kappa shape index (κ2) is 5.53. The number of benzene rings is 2. The van der Waals surface area contributed by atoms with Crippen LogP contribution in [-0.4, -0.2) is 26.2 Å². The van der Waals surface area contributed by atoms with Gasteiger partial charge in [0.25, 0.3) is 0 Å². The van der Waals surface area contributed by atoms with Gasteiger partial charge in [-0.3, -0.25) is 4.79 Å². The molecule has 0 amide bonds. The second-order valence-corrected chi connectivity index (χ2v) is 5.89. The van der Waals surface area contributed by atoms with E-state index in [1.165, 1.54) is 12.1 Å². The van der Waals surface area contributed by atoms with E-state index in [0.717, 1.165) is 0 Å². The van der Waals surface area contributed by atoms with Gasteiger partial charge < -0.3 is 20.4 Å². The topological polar surface area (TPSA) is 98.0 Å². The molecule has 4 N–H and O–H groups in total. The van der Waals surface area contributed by atoms with Crippen molar-refractivity contribution in [2.24, 2.45) is 0 Å². The lowest BCUT2D eigenvalue weighted by Gasteiger charge is -2.14. The first-order valence-corrected chi connectivity index (χ1v) is 7.24. The Kier molecular flexibility index (Phi) is 4.06. The fraction of sp³-hybridized carbons (Fsp3) is 0.188. The number of carbonyl (C=O) groups excluding carboxylic acids is 1. The summed E-state index contributed by atoms with van der Waals surface area (Å²) in [5, 5.41) is 38.8. The van der Waals surface area contributed by atoms with E-state index >= 15 is 0 Å². The molecule has 0 heterocycles. The van der Waals surface area contributed by atoms with Gasteiger partial charge in [-0.2, -0.15) is 0 Å². The zero-order valence-electron chi connectivity index (χ0n) is 12.2. The number of rotatable bonds is 2. The van der Waals surface area contributed by atoms with E-state index in [2.05, 4.69) is 15.9 Å². The lowest BCUT2D eigenvalue weighted by Crippen LogP contribution is -2.07. The van der Waals surface area contributed by atoms with Crippen LogP contribution >= 0.6 is 15.9 Å². The first-order chi connectivity index (χ1) is 10.2. The highest BCUT2D eigenvalue weighted by atomic mass is 79.9. The normalized spacial score (nSPS) is 10.7. The van der Waals surface area contributed by atoms with Crippen LogP contribution in [0.25, 0.3) is 0 Å². The number of hydrogen-bond donors (Lipinski definition) is 4. The van der Waals surface area contributed by atoms with Gasteiger partial charge in [-0.25, -0.2) is 0 Å². The van der Waals surface area contributed by atoms with Crippen molar-refractivity contribution in [2.75, 3.05) is 0 Å². The SMILES string of the molecule is Cc1c(C(=O)c2cc(O)c(O)c(Br)c2C)cc(O)c(O)c1C. The van der Waals surface area contributed by atoms with Gasteiger partial charge in [0.05, 0.1) is 4.47 Å². The summed E-state index contributed by atoms with van der Waals surface area (Å²) in [7, 11) is 0. The molecule has 0 aliphatic carbocycles. The molecule has 2 aromatic carbocycles. The summed E-state index contributed by atoms with van der Waals surface area (Å²) in [6.45, 7) is 4.88. The molecule has 2 rings (SSSR count). The molecule has 0 aliphatic rings. The van der Waals surface area contributed by atoms with Crippen LogP contribution in [0.2, 0.25) is 0 Å². The zero-order chi connectivity index (χ0) is 16.8. The average Bonchev–Trinajstić information content (AvgIpc) is 2.49. The molecule has 0 unspecified atom stereocenters. The van der Waals surface area contributed by atoms with Crippen LogP contribution in [0.15, 0.2) is 16.6 Å². The minimum Gasteiger partial charge on any atom is -0.504 e. The number of hydrogen-bond acceptors (Lipinski definition) is 5. The van der Waals surface area contributed by atoms with E-state index in [9.17, 15) is 25.2 Å². The Balaban J connectivity index is 2.69. The van der Waals surface area contributed by atoms with Crippen LogP contribution in [0.4, 0.5) is 0 Å². The summed E-state index contributed by atoms with van der Waals surface area (Å²) in [5.74, 6) is -1.83. The molecule has 0 aromatic heterocycles. The molecular weight excluding hydrogens is 352 g/mol. The van der Waals surface area contributed by atoms with Crippen LogP contribution in [0.5, 0.6) is 23.0 Å². The van der Waals surface area contributed by atoms with Crippen LogP contribution in [0.1, 0.15) is 32.6 Å². The predicted octanol–water partition coefficient (Wildman–Crippen LogP) is 3.43. The molecule has 0 aliphatic heterocycles. The minimum atomic E-state index is -0.426. The Bertz CT molecular complexity index is 731. The van der Waals surface area contributed by atoms with E-state index in [-0.39, 0.29) is 32.8 Å². The van der Waals surface area contributed by atoms with Gasteiger partial charge in [0.15, 0.2) is 28.8 Å². The predicted molar refractivity (Wildman–Crippen MR) is 84.9 cm³/mol. The Labute approximate surface area is 135 Å². The first-order valence-electron chi connectivity index (χ1n) is 6.44. The molecule has 0 fully saturated rings. The van der Waals surface area contributed by atoms with Crippen LogP contribution in [-0.2, 0) is 0 Å². The third-order valence-electron chi connectivity index (χ3n) is 3.80. The Hall–Kier alpha value is -2.21. The van der Waals surface area contributed by atoms with Gasteiger partial charge in [-0.05, 0) is 65.5 Å². The van der Waals surface area contributed by atoms with Crippen LogP contribution < -0.4 is 0 Å². The van der Waals surface area contributed by atoms with Crippen molar-refractivity contribution in [1.29, 1.82) is 0 Å². The maximum Gasteiger partial charge on any atom is 0.193 e. The van der Waals surface area contributed by atoms with Crippen molar-refractivity contribution in [2.45, 2.75) is 20.8 Å². The van der Waals surface area contributed by atoms with Gasteiger partial charge in [0, 0.05) is 11.1 Å². The molecule has 0 radical (unpaired) electrons. The number of phenolic OH excluding ortho intramolecular Hbond substituents is 4. The first kappa shape index (κ1) is 16.2. The Morgan fingerprint density at radius 2 is 1.27 bits per heavy atom. The summed E-state index contributed by atoms with van der Waals surface area (Å²) in [5.41, 5.74) is 1.80. The molecule has 0 bridgehead atoms. The molecule has 2 aromatic rings. The summed E-state index contributed by atoms with van der Waals surface area (Å²) >= 11 is 3.13. The van der Waals surface area contributed by atoms with Crippen LogP contribution in [0.3, 0.4) is 0 Å². The Morgan fingerprint density at radius 1 is 0.818 bits per heavy atom. The number of ketones is 1. The third kappa shape index (κ3) is 2.39. The maximum atomic E-state index is 12.7. The summed E-state index contributed by atoms with van der Waals surface area (Å²) in [4.78, 5) is 12.7. The lowest BCUT2D eigenvalue weighted by molar-refractivity contribution is 0.103. The maximum absolute atomic E-state index is 12.7. The fourth-order valence-corrected chi connectivity index (χ4v) is 2.64. The quantitative estimate of drug-likeness (QED) is 0.482. The highest BCUT2D eigenvalue weighted by Gasteiger charge is 2.22. The van der Waals surface area contributed by atoms with Crippen molar-refractivity contribution in [3.05, 3.63) is 44.4 Å². The van der Waals surface area contributed by atoms with Gasteiger partial charge in [-0.1, -0.05) is 0 Å². The highest BCUT2D eigenvalue weighted by molar-refractivity contribution is 9.10. The van der Waals surface area contributed by atoms with E-state index in [1.54, 1.807) is 20.8 Å². The molecule has 0 spiro atoms. The van der Waals surface area contributed by atoms with Crippen molar-refractivity contribution in [3.8, 4) is 23.0 Å². The molecule has 5 nitrogen and oxygen atoms in total. The van der Waals surface area contributed by atoms with E-state index in [0.29, 0.717) is 16.7 Å². The Morgan fingerprint density at radius 3 is 1.82 bits per heavy atom. The molecule has 116 valence electrons. The smallest absolute Gasteiger partial charge is 0.193 e. The monoisotopic (exact) mass is 366 g/mol. The molecule has 22 heavy (non-hydrogen) atoms. The average molecular weight is 367 g/mol. The zero-order valence-corrected chi connectivity index (χ0v) is 13.8. The molecule has 0 saturated carbocycles. The van der Waals surface area contributed by atoms with E-state index in [1.807, 2.05) is 0 Å². The molecule has 6 heteroatoms.